The van der Waals surface area contributed by atoms with E-state index in [9.17, 15) is 13.6 Å². The van der Waals surface area contributed by atoms with Crippen LogP contribution in [0, 0.1) is 11.6 Å². The Labute approximate surface area is 120 Å². The molecule has 0 atom stereocenters. The average molecular weight is 348 g/mol. The Balaban J connectivity index is 2.21. The molecule has 2 aromatic rings. The van der Waals surface area contributed by atoms with Gasteiger partial charge in [-0.3, -0.25) is 0 Å². The number of aromatic carboxylic acids is 1. The molecule has 0 fully saturated rings. The summed E-state index contributed by atoms with van der Waals surface area (Å²) in [6.45, 7) is 0.249. The zero-order valence-electron chi connectivity index (χ0n) is 9.41. The normalized spacial score (nSPS) is 10.5. The lowest BCUT2D eigenvalue weighted by molar-refractivity contribution is 0.0696. The molecule has 3 nitrogen and oxygen atoms in total. The first-order valence-electron chi connectivity index (χ1n) is 5.17. The highest BCUT2D eigenvalue weighted by atomic mass is 79.9. The average Bonchev–Trinajstić information content (AvgIpc) is 2.73. The van der Waals surface area contributed by atoms with Gasteiger partial charge in [-0.15, -0.1) is 11.3 Å². The van der Waals surface area contributed by atoms with Crippen molar-refractivity contribution in [1.29, 1.82) is 0 Å². The summed E-state index contributed by atoms with van der Waals surface area (Å²) in [5, 5.41) is 13.2. The van der Waals surface area contributed by atoms with E-state index in [1.807, 2.05) is 11.4 Å². The minimum absolute atomic E-state index is 0.249. The number of benzene rings is 1. The minimum Gasteiger partial charge on any atom is -0.478 e. The van der Waals surface area contributed by atoms with Crippen molar-refractivity contribution in [2.24, 2.45) is 0 Å². The first-order valence-corrected chi connectivity index (χ1v) is 6.84. The van der Waals surface area contributed by atoms with Crippen LogP contribution in [0.25, 0.3) is 0 Å². The summed E-state index contributed by atoms with van der Waals surface area (Å²) >= 11 is 4.75. The lowest BCUT2D eigenvalue weighted by atomic mass is 10.2. The van der Waals surface area contributed by atoms with E-state index in [1.165, 1.54) is 11.3 Å². The van der Waals surface area contributed by atoms with E-state index in [2.05, 4.69) is 21.2 Å². The molecular weight excluding hydrogens is 340 g/mol. The topological polar surface area (TPSA) is 49.3 Å². The molecule has 2 N–H and O–H groups in total. The molecule has 1 aromatic heterocycles. The molecule has 19 heavy (non-hydrogen) atoms. The van der Waals surface area contributed by atoms with Gasteiger partial charge in [0.05, 0.1) is 12.1 Å². The van der Waals surface area contributed by atoms with Gasteiger partial charge >= 0.3 is 5.97 Å². The Morgan fingerprint density at radius 1 is 1.37 bits per heavy atom. The summed E-state index contributed by atoms with van der Waals surface area (Å²) < 4.78 is 28.1. The van der Waals surface area contributed by atoms with Crippen molar-refractivity contribution in [2.45, 2.75) is 6.54 Å². The fraction of sp³-hybridized carbons (Fsp3) is 0.0833. The van der Waals surface area contributed by atoms with E-state index in [0.717, 1.165) is 21.5 Å². The molecule has 0 aliphatic carbocycles. The molecule has 0 unspecified atom stereocenters. The van der Waals surface area contributed by atoms with Crippen LogP contribution in [0.4, 0.5) is 14.5 Å². The lowest BCUT2D eigenvalue weighted by Crippen LogP contribution is -2.06. The number of halogens is 3. The van der Waals surface area contributed by atoms with Crippen LogP contribution in [0.15, 0.2) is 28.1 Å². The molecule has 1 heterocycles. The molecule has 2 rings (SSSR count). The zero-order valence-corrected chi connectivity index (χ0v) is 11.8. The number of carbonyl (C=O) groups is 1. The highest BCUT2D eigenvalue weighted by Crippen LogP contribution is 2.26. The summed E-state index contributed by atoms with van der Waals surface area (Å²) in [6.07, 6.45) is 0. The summed E-state index contributed by atoms with van der Waals surface area (Å²) in [7, 11) is 0. The summed E-state index contributed by atoms with van der Waals surface area (Å²) in [5.41, 5.74) is -0.747. The van der Waals surface area contributed by atoms with Crippen LogP contribution < -0.4 is 5.32 Å². The highest BCUT2D eigenvalue weighted by Gasteiger charge is 2.14. The molecule has 7 heteroatoms. The smallest absolute Gasteiger partial charge is 0.335 e. The predicted molar refractivity (Wildman–Crippen MR) is 72.7 cm³/mol. The van der Waals surface area contributed by atoms with E-state index in [0.29, 0.717) is 0 Å². The maximum atomic E-state index is 13.6. The van der Waals surface area contributed by atoms with Gasteiger partial charge in [0.2, 0.25) is 0 Å². The molecule has 0 aliphatic heterocycles. The largest absolute Gasteiger partial charge is 0.478 e. The van der Waals surface area contributed by atoms with E-state index >= 15 is 0 Å². The Morgan fingerprint density at radius 2 is 2.00 bits per heavy atom. The van der Waals surface area contributed by atoms with Crippen molar-refractivity contribution in [3.63, 3.8) is 0 Å². The maximum Gasteiger partial charge on any atom is 0.335 e. The number of thiophene rings is 1. The van der Waals surface area contributed by atoms with Gasteiger partial charge in [0.25, 0.3) is 0 Å². The van der Waals surface area contributed by atoms with Gasteiger partial charge in [-0.05, 0) is 39.5 Å². The van der Waals surface area contributed by atoms with Crippen LogP contribution in [0.1, 0.15) is 15.2 Å². The maximum absolute atomic E-state index is 13.6. The quantitative estimate of drug-likeness (QED) is 0.875. The molecule has 0 amide bonds. The second kappa shape index (κ2) is 5.66. The number of carboxylic acid groups (broad SMARTS) is 1. The Morgan fingerprint density at radius 3 is 2.47 bits per heavy atom. The number of anilines is 1. The van der Waals surface area contributed by atoms with E-state index < -0.39 is 23.2 Å². The summed E-state index contributed by atoms with van der Waals surface area (Å²) in [4.78, 5) is 11.5. The summed E-state index contributed by atoms with van der Waals surface area (Å²) in [6, 6.07) is 3.41. The van der Waals surface area contributed by atoms with Gasteiger partial charge in [-0.25, -0.2) is 13.6 Å². The van der Waals surface area contributed by atoms with E-state index in [1.54, 1.807) is 0 Å². The monoisotopic (exact) mass is 347 g/mol. The van der Waals surface area contributed by atoms with Crippen molar-refractivity contribution >= 4 is 38.9 Å². The molecule has 0 spiro atoms. The molecule has 100 valence electrons. The van der Waals surface area contributed by atoms with E-state index in [4.69, 9.17) is 5.11 Å². The van der Waals surface area contributed by atoms with E-state index in [-0.39, 0.29) is 12.2 Å². The van der Waals surface area contributed by atoms with Crippen molar-refractivity contribution in [1.82, 2.24) is 0 Å². The van der Waals surface area contributed by atoms with Crippen LogP contribution >= 0.6 is 27.3 Å². The molecule has 0 saturated carbocycles. The number of hydrogen-bond donors (Lipinski definition) is 2. The second-order valence-electron chi connectivity index (χ2n) is 3.67. The predicted octanol–water partition coefficient (Wildman–Crippen LogP) is 4.10. The SMILES string of the molecule is O=C(O)c1cc(F)c(NCc2sccc2Br)c(F)c1. The van der Waals surface area contributed by atoms with Crippen LogP contribution in [0.2, 0.25) is 0 Å². The van der Waals surface area contributed by atoms with Gasteiger partial charge in [0.15, 0.2) is 0 Å². The van der Waals surface area contributed by atoms with Crippen molar-refractivity contribution < 1.29 is 18.7 Å². The van der Waals surface area contributed by atoms with Gasteiger partial charge in [0.1, 0.15) is 17.3 Å². The fourth-order valence-electron chi connectivity index (χ4n) is 1.49. The van der Waals surface area contributed by atoms with Gasteiger partial charge < -0.3 is 10.4 Å². The second-order valence-corrected chi connectivity index (χ2v) is 5.52. The van der Waals surface area contributed by atoms with Crippen molar-refractivity contribution in [2.75, 3.05) is 5.32 Å². The molecule has 1 aromatic carbocycles. The van der Waals surface area contributed by atoms with Crippen molar-refractivity contribution in [3.05, 3.63) is 50.1 Å². The van der Waals surface area contributed by atoms with Gasteiger partial charge in [-0.2, -0.15) is 0 Å². The molecule has 0 bridgehead atoms. The van der Waals surface area contributed by atoms with Crippen LogP contribution in [0.3, 0.4) is 0 Å². The first kappa shape index (κ1) is 14.0. The first-order chi connectivity index (χ1) is 8.99. The Kier molecular flexibility index (Phi) is 4.16. The van der Waals surface area contributed by atoms with Gasteiger partial charge in [-0.1, -0.05) is 0 Å². The third-order valence-corrected chi connectivity index (χ3v) is 4.33. The highest BCUT2D eigenvalue weighted by molar-refractivity contribution is 9.10. The lowest BCUT2D eigenvalue weighted by Gasteiger charge is -2.09. The molecule has 0 aliphatic rings. The molecule has 0 radical (unpaired) electrons. The number of rotatable bonds is 4. The molecule has 0 saturated heterocycles. The van der Waals surface area contributed by atoms with Crippen LogP contribution in [0.5, 0.6) is 0 Å². The number of carboxylic acids is 1. The molecular formula is C12H8BrF2NO2S. The minimum atomic E-state index is -1.37. The third-order valence-electron chi connectivity index (χ3n) is 2.41. The van der Waals surface area contributed by atoms with Gasteiger partial charge in [0, 0.05) is 9.35 Å². The number of nitrogens with one attached hydrogen (secondary N) is 1. The summed E-state index contributed by atoms with van der Waals surface area (Å²) in [5.74, 6) is -3.22. The van der Waals surface area contributed by atoms with Crippen molar-refractivity contribution in [3.8, 4) is 0 Å². The fourth-order valence-corrected chi connectivity index (χ4v) is 2.92. The Bertz CT molecular complexity index is 607. The van der Waals surface area contributed by atoms with Crippen LogP contribution in [-0.4, -0.2) is 11.1 Å². The van der Waals surface area contributed by atoms with Crippen LogP contribution in [-0.2, 0) is 6.54 Å². The Hall–Kier alpha value is -1.47. The third kappa shape index (κ3) is 3.10. The standard InChI is InChI=1S/C12H8BrF2NO2S/c13-7-1-2-19-10(7)5-16-11-8(14)3-6(12(17)18)4-9(11)15/h1-4,16H,5H2,(H,17,18). The number of hydrogen-bond acceptors (Lipinski definition) is 3. The zero-order chi connectivity index (χ0) is 14.0.